The van der Waals surface area contributed by atoms with Gasteiger partial charge in [-0.15, -0.1) is 0 Å². The summed E-state index contributed by atoms with van der Waals surface area (Å²) in [6, 6.07) is 10.6. The first-order chi connectivity index (χ1) is 13.6. The Kier molecular flexibility index (Phi) is 4.44. The summed E-state index contributed by atoms with van der Waals surface area (Å²) in [6.45, 7) is 2.61. The number of nitrogens with one attached hydrogen (secondary N) is 1. The molecule has 0 saturated heterocycles. The van der Waals surface area contributed by atoms with E-state index < -0.39 is 0 Å². The van der Waals surface area contributed by atoms with Crippen molar-refractivity contribution in [1.82, 2.24) is 19.7 Å². The van der Waals surface area contributed by atoms with Gasteiger partial charge in [0.1, 0.15) is 10.9 Å². The van der Waals surface area contributed by atoms with Crippen LogP contribution in [0.4, 0.5) is 5.82 Å². The average molecular weight is 375 g/mol. The van der Waals surface area contributed by atoms with Gasteiger partial charge < -0.3 is 11.1 Å². The topological polar surface area (TPSA) is 106 Å². The minimum Gasteiger partial charge on any atom is -0.352 e. The fourth-order valence-electron chi connectivity index (χ4n) is 3.17. The first-order valence-electron chi connectivity index (χ1n) is 8.90. The van der Waals surface area contributed by atoms with E-state index in [9.17, 15) is 9.59 Å². The molecule has 140 valence electrons. The molecule has 8 heteroatoms. The number of pyridine rings is 3. The van der Waals surface area contributed by atoms with Crippen LogP contribution >= 0.6 is 0 Å². The van der Waals surface area contributed by atoms with Crippen LogP contribution in [0.15, 0.2) is 59.8 Å². The fourth-order valence-corrected chi connectivity index (χ4v) is 3.17. The highest BCUT2D eigenvalue weighted by Gasteiger charge is 2.24. The van der Waals surface area contributed by atoms with Gasteiger partial charge in [0.15, 0.2) is 0 Å². The van der Waals surface area contributed by atoms with Gasteiger partial charge in [0.05, 0.1) is 6.54 Å². The Balaban J connectivity index is 2.06. The zero-order valence-corrected chi connectivity index (χ0v) is 15.3. The number of anilines is 1. The SMILES string of the molecule is CCNC(=O)c1cc2c(=O)n3ccccc3nc2[n+](Cc2cccnc2)c1N. The van der Waals surface area contributed by atoms with Crippen LogP contribution in [0.1, 0.15) is 22.8 Å². The van der Waals surface area contributed by atoms with Crippen molar-refractivity contribution in [1.29, 1.82) is 0 Å². The number of fused-ring (bicyclic) bond motifs is 2. The van der Waals surface area contributed by atoms with E-state index >= 15 is 0 Å². The largest absolute Gasteiger partial charge is 0.352 e. The van der Waals surface area contributed by atoms with Gasteiger partial charge in [-0.05, 0) is 31.2 Å². The van der Waals surface area contributed by atoms with Crippen LogP contribution in [0.2, 0.25) is 0 Å². The van der Waals surface area contributed by atoms with Crippen molar-refractivity contribution in [2.45, 2.75) is 13.5 Å². The number of aromatic nitrogens is 4. The summed E-state index contributed by atoms with van der Waals surface area (Å²) in [4.78, 5) is 34.4. The van der Waals surface area contributed by atoms with Crippen LogP contribution in [-0.4, -0.2) is 26.8 Å². The Morgan fingerprint density at radius 3 is 2.89 bits per heavy atom. The number of nitrogens with zero attached hydrogens (tertiary/aromatic N) is 4. The Morgan fingerprint density at radius 2 is 2.14 bits per heavy atom. The second-order valence-electron chi connectivity index (χ2n) is 6.33. The second kappa shape index (κ2) is 7.07. The van der Waals surface area contributed by atoms with Crippen molar-refractivity contribution in [3.63, 3.8) is 0 Å². The summed E-state index contributed by atoms with van der Waals surface area (Å²) in [5.41, 5.74) is 8.15. The Hall–Kier alpha value is -3.81. The van der Waals surface area contributed by atoms with Crippen LogP contribution < -0.4 is 21.2 Å². The van der Waals surface area contributed by atoms with E-state index in [2.05, 4.69) is 15.3 Å². The lowest BCUT2D eigenvalue weighted by molar-refractivity contribution is -0.649. The van der Waals surface area contributed by atoms with Crippen LogP contribution in [0.5, 0.6) is 0 Å². The minimum absolute atomic E-state index is 0.244. The molecule has 0 radical (unpaired) electrons. The molecule has 0 aliphatic heterocycles. The molecule has 4 heterocycles. The van der Waals surface area contributed by atoms with Crippen LogP contribution in [-0.2, 0) is 6.54 Å². The zero-order chi connectivity index (χ0) is 19.7. The van der Waals surface area contributed by atoms with Gasteiger partial charge in [-0.2, -0.15) is 0 Å². The molecule has 4 aromatic rings. The van der Waals surface area contributed by atoms with Crippen molar-refractivity contribution in [3.8, 4) is 0 Å². The fraction of sp³-hybridized carbons (Fsp3) is 0.150. The lowest BCUT2D eigenvalue weighted by atomic mass is 10.1. The first-order valence-corrected chi connectivity index (χ1v) is 8.90. The van der Waals surface area contributed by atoms with Crippen molar-refractivity contribution in [3.05, 3.63) is 76.5 Å². The van der Waals surface area contributed by atoms with E-state index in [0.717, 1.165) is 5.56 Å². The van der Waals surface area contributed by atoms with Crippen molar-refractivity contribution < 1.29 is 9.36 Å². The number of hydrogen-bond acceptors (Lipinski definition) is 5. The van der Waals surface area contributed by atoms with Crippen molar-refractivity contribution in [2.75, 3.05) is 12.3 Å². The van der Waals surface area contributed by atoms with E-state index in [1.165, 1.54) is 10.5 Å². The molecule has 1 amide bonds. The van der Waals surface area contributed by atoms with Crippen molar-refractivity contribution in [2.24, 2.45) is 0 Å². The average Bonchev–Trinajstić information content (AvgIpc) is 2.71. The van der Waals surface area contributed by atoms with Crippen molar-refractivity contribution >= 4 is 28.4 Å². The second-order valence-corrected chi connectivity index (χ2v) is 6.33. The van der Waals surface area contributed by atoms with Gasteiger partial charge in [0.2, 0.25) is 11.5 Å². The van der Waals surface area contributed by atoms with E-state index in [1.54, 1.807) is 35.3 Å². The maximum Gasteiger partial charge on any atom is 0.278 e. The smallest absolute Gasteiger partial charge is 0.278 e. The number of carbonyl (C=O) groups is 1. The maximum absolute atomic E-state index is 13.1. The summed E-state index contributed by atoms with van der Waals surface area (Å²) >= 11 is 0. The molecule has 8 nitrogen and oxygen atoms in total. The molecule has 3 N–H and O–H groups in total. The number of nitrogens with two attached hydrogens (primary N) is 1. The molecule has 0 aromatic carbocycles. The molecular formula is C20H19N6O2+. The highest BCUT2D eigenvalue weighted by atomic mass is 16.1. The third-order valence-corrected chi connectivity index (χ3v) is 4.51. The Morgan fingerprint density at radius 1 is 1.29 bits per heavy atom. The van der Waals surface area contributed by atoms with Gasteiger partial charge in [-0.1, -0.05) is 17.1 Å². The molecule has 4 rings (SSSR count). The maximum atomic E-state index is 13.1. The molecule has 28 heavy (non-hydrogen) atoms. The Bertz CT molecular complexity index is 1250. The van der Waals surface area contributed by atoms with Gasteiger partial charge in [0.25, 0.3) is 17.1 Å². The summed E-state index contributed by atoms with van der Waals surface area (Å²) in [7, 11) is 0. The molecule has 4 aromatic heterocycles. The van der Waals surface area contributed by atoms with Gasteiger partial charge in [0, 0.05) is 30.7 Å². The lowest BCUT2D eigenvalue weighted by Gasteiger charge is -2.12. The molecule has 0 bridgehead atoms. The molecule has 0 aliphatic rings. The lowest BCUT2D eigenvalue weighted by Crippen LogP contribution is -2.43. The minimum atomic E-state index is -0.334. The summed E-state index contributed by atoms with van der Waals surface area (Å²) in [6.07, 6.45) is 5.04. The number of carbonyl (C=O) groups excluding carboxylic acids is 1. The molecule has 0 fully saturated rings. The monoisotopic (exact) mass is 375 g/mol. The summed E-state index contributed by atoms with van der Waals surface area (Å²) < 4.78 is 3.14. The van der Waals surface area contributed by atoms with E-state index in [0.29, 0.717) is 29.8 Å². The third kappa shape index (κ3) is 2.94. The van der Waals surface area contributed by atoms with Crippen LogP contribution in [0, 0.1) is 0 Å². The molecule has 0 atom stereocenters. The predicted molar refractivity (Wildman–Crippen MR) is 105 cm³/mol. The molecule has 0 aliphatic carbocycles. The molecular weight excluding hydrogens is 356 g/mol. The van der Waals surface area contributed by atoms with Crippen LogP contribution in [0.25, 0.3) is 16.7 Å². The highest BCUT2D eigenvalue weighted by Crippen LogP contribution is 2.15. The van der Waals surface area contributed by atoms with Crippen LogP contribution in [0.3, 0.4) is 0 Å². The Labute approximate surface area is 160 Å². The predicted octanol–water partition coefficient (Wildman–Crippen LogP) is 0.910. The molecule has 0 unspecified atom stereocenters. The molecule has 0 spiro atoms. The third-order valence-electron chi connectivity index (χ3n) is 4.51. The van der Waals surface area contributed by atoms with E-state index in [-0.39, 0.29) is 22.8 Å². The van der Waals surface area contributed by atoms with Gasteiger partial charge in [-0.3, -0.25) is 19.0 Å². The highest BCUT2D eigenvalue weighted by molar-refractivity contribution is 6.00. The first kappa shape index (κ1) is 17.6. The van der Waals surface area contributed by atoms with E-state index in [4.69, 9.17) is 5.73 Å². The number of nitrogen functional groups attached to an aromatic ring is 1. The summed E-state index contributed by atoms with van der Waals surface area (Å²) in [5.74, 6) is -0.0890. The van der Waals surface area contributed by atoms with E-state index in [1.807, 2.05) is 25.1 Å². The van der Waals surface area contributed by atoms with Gasteiger partial charge >= 0.3 is 0 Å². The van der Waals surface area contributed by atoms with Gasteiger partial charge in [-0.25, -0.2) is 4.57 Å². The standard InChI is InChI=1S/C20H18N6O2/c1-2-23-19(27)14-10-15-18(24-16-7-3-4-9-25(16)20(15)28)26(17(14)21)12-13-6-5-8-22-11-13/h3-11,21H,2,12H2,1H3,(H,23,27)/p+1. The zero-order valence-electron chi connectivity index (χ0n) is 15.3. The normalized spacial score (nSPS) is 11.0. The number of amides is 1. The number of rotatable bonds is 4. The molecule has 0 saturated carbocycles. The number of hydrogen-bond donors (Lipinski definition) is 2. The quantitative estimate of drug-likeness (QED) is 0.407. The summed E-state index contributed by atoms with van der Waals surface area (Å²) in [5, 5.41) is 3.06.